The van der Waals surface area contributed by atoms with E-state index < -0.39 is 18.3 Å². The molecule has 0 bridgehead atoms. The largest absolute Gasteiger partial charge is 0.457 e. The smallest absolute Gasteiger partial charge is 0.412 e. The second-order valence-electron chi connectivity index (χ2n) is 9.31. The number of amides is 1. The van der Waals surface area contributed by atoms with Crippen LogP contribution < -0.4 is 15.4 Å². The molecule has 0 saturated carbocycles. The fourth-order valence-electron chi connectivity index (χ4n) is 4.71. The zero-order valence-corrected chi connectivity index (χ0v) is 21.3. The van der Waals surface area contributed by atoms with Crippen LogP contribution in [0.2, 0.25) is 0 Å². The van der Waals surface area contributed by atoms with Crippen molar-refractivity contribution in [2.24, 2.45) is 0 Å². The van der Waals surface area contributed by atoms with Crippen LogP contribution in [0.4, 0.5) is 16.4 Å². The standard InChI is InChI=1S/C30H25N5O5/c31-16-19-5-4-6-20(15-19)24-13-14-32-29(34-24)35-25-17-37-28-26(18-38-27(25)28)40-30(36)33-21-9-11-23(12-10-21)39-22-7-2-1-3-8-22/h1-15,25-28H,17-18H2,(H,33,36)(H,32,34,35)/t25-,26+,27+,28+/m0/s1. The van der Waals surface area contributed by atoms with Crippen molar-refractivity contribution in [1.82, 2.24) is 9.97 Å². The fraction of sp³-hybridized carbons (Fsp3) is 0.200. The quantitative estimate of drug-likeness (QED) is 0.336. The molecule has 200 valence electrons. The predicted octanol–water partition coefficient (Wildman–Crippen LogP) is 5.00. The molecule has 0 aliphatic carbocycles. The predicted molar refractivity (Wildman–Crippen MR) is 146 cm³/mol. The summed E-state index contributed by atoms with van der Waals surface area (Å²) < 4.78 is 23.3. The third-order valence-electron chi connectivity index (χ3n) is 6.60. The lowest BCUT2D eigenvalue weighted by atomic mass is 10.1. The Balaban J connectivity index is 1.03. The number of ether oxygens (including phenoxy) is 4. The number of nitrogens with zero attached hydrogens (tertiary/aromatic N) is 3. The zero-order valence-electron chi connectivity index (χ0n) is 21.3. The number of rotatable bonds is 7. The molecule has 3 aromatic carbocycles. The summed E-state index contributed by atoms with van der Waals surface area (Å²) >= 11 is 0. The average Bonchev–Trinajstić information content (AvgIpc) is 3.58. The van der Waals surface area contributed by atoms with Gasteiger partial charge in [-0.2, -0.15) is 5.26 Å². The van der Waals surface area contributed by atoms with Gasteiger partial charge in [-0.15, -0.1) is 0 Å². The maximum atomic E-state index is 12.6. The molecule has 10 heteroatoms. The summed E-state index contributed by atoms with van der Waals surface area (Å²) in [5, 5.41) is 15.2. The van der Waals surface area contributed by atoms with Gasteiger partial charge in [0.05, 0.1) is 36.6 Å². The van der Waals surface area contributed by atoms with Crippen LogP contribution in [0.5, 0.6) is 11.5 Å². The van der Waals surface area contributed by atoms with Gasteiger partial charge in [0.25, 0.3) is 0 Å². The topological polar surface area (TPSA) is 128 Å². The number of benzene rings is 3. The van der Waals surface area contributed by atoms with E-state index in [0.717, 1.165) is 11.3 Å². The highest BCUT2D eigenvalue weighted by molar-refractivity contribution is 5.84. The maximum Gasteiger partial charge on any atom is 0.412 e. The van der Waals surface area contributed by atoms with Crippen LogP contribution in [0.15, 0.2) is 91.1 Å². The molecular formula is C30H25N5O5. The van der Waals surface area contributed by atoms with Crippen molar-refractivity contribution < 1.29 is 23.7 Å². The first kappa shape index (κ1) is 25.3. The molecule has 1 aromatic heterocycles. The van der Waals surface area contributed by atoms with Gasteiger partial charge in [-0.05, 0) is 54.6 Å². The van der Waals surface area contributed by atoms with Crippen molar-refractivity contribution in [2.75, 3.05) is 23.8 Å². The van der Waals surface area contributed by atoms with E-state index in [1.54, 1.807) is 48.7 Å². The molecule has 4 atom stereocenters. The highest BCUT2D eigenvalue weighted by Gasteiger charge is 2.49. The van der Waals surface area contributed by atoms with Crippen LogP contribution in [-0.2, 0) is 14.2 Å². The monoisotopic (exact) mass is 535 g/mol. The molecule has 2 aliphatic heterocycles. The van der Waals surface area contributed by atoms with Gasteiger partial charge >= 0.3 is 6.09 Å². The van der Waals surface area contributed by atoms with Crippen molar-refractivity contribution in [3.05, 3.63) is 96.7 Å². The number of para-hydroxylation sites is 1. The first-order valence-corrected chi connectivity index (χ1v) is 12.8. The molecule has 0 spiro atoms. The van der Waals surface area contributed by atoms with Crippen LogP contribution in [0.3, 0.4) is 0 Å². The van der Waals surface area contributed by atoms with Gasteiger partial charge in [0.15, 0.2) is 6.10 Å². The number of carbonyl (C=O) groups excluding carboxylic acids is 1. The Labute approximate surface area is 230 Å². The second kappa shape index (κ2) is 11.4. The molecule has 4 aromatic rings. The summed E-state index contributed by atoms with van der Waals surface area (Å²) in [5.74, 6) is 1.80. The SMILES string of the molecule is N#Cc1cccc(-c2ccnc(N[C@H]3CO[C@H]4[C@@H]3OC[C@H]4OC(=O)Nc3ccc(Oc4ccccc4)cc3)n2)c1. The molecule has 0 unspecified atom stereocenters. The first-order valence-electron chi connectivity index (χ1n) is 12.8. The lowest BCUT2D eigenvalue weighted by Gasteiger charge is -2.18. The first-order chi connectivity index (χ1) is 19.6. The molecule has 10 nitrogen and oxygen atoms in total. The van der Waals surface area contributed by atoms with E-state index in [-0.39, 0.29) is 18.8 Å². The molecule has 40 heavy (non-hydrogen) atoms. The fourth-order valence-corrected chi connectivity index (χ4v) is 4.71. The Hall–Kier alpha value is -4.98. The van der Waals surface area contributed by atoms with Crippen LogP contribution >= 0.6 is 0 Å². The van der Waals surface area contributed by atoms with E-state index in [1.807, 2.05) is 42.5 Å². The lowest BCUT2D eigenvalue weighted by molar-refractivity contribution is 0.00917. The van der Waals surface area contributed by atoms with Crippen LogP contribution in [0.1, 0.15) is 5.56 Å². The second-order valence-corrected chi connectivity index (χ2v) is 9.31. The normalized spacial score (nSPS) is 21.2. The summed E-state index contributed by atoms with van der Waals surface area (Å²) in [5.41, 5.74) is 2.64. The highest BCUT2D eigenvalue weighted by Crippen LogP contribution is 2.31. The van der Waals surface area contributed by atoms with Crippen molar-refractivity contribution in [2.45, 2.75) is 24.4 Å². The Morgan fingerprint density at radius 3 is 2.55 bits per heavy atom. The summed E-state index contributed by atoms with van der Waals surface area (Å²) in [6.45, 7) is 0.559. The highest BCUT2D eigenvalue weighted by atomic mass is 16.6. The minimum Gasteiger partial charge on any atom is -0.457 e. The average molecular weight is 536 g/mol. The van der Waals surface area contributed by atoms with Crippen LogP contribution in [0, 0.1) is 11.3 Å². The summed E-state index contributed by atoms with van der Waals surface area (Å²) in [4.78, 5) is 21.5. The number of hydrogen-bond acceptors (Lipinski definition) is 9. The maximum absolute atomic E-state index is 12.6. The number of carbonyl (C=O) groups is 1. The van der Waals surface area contributed by atoms with Crippen LogP contribution in [0.25, 0.3) is 11.3 Å². The number of aromatic nitrogens is 2. The van der Waals surface area contributed by atoms with Gasteiger partial charge in [0.1, 0.15) is 23.7 Å². The number of nitrogens with one attached hydrogen (secondary N) is 2. The minimum absolute atomic E-state index is 0.215. The zero-order chi connectivity index (χ0) is 27.3. The van der Waals surface area contributed by atoms with Crippen molar-refractivity contribution in [3.8, 4) is 28.8 Å². The number of anilines is 2. The lowest BCUT2D eigenvalue weighted by Crippen LogP contribution is -2.38. The Kier molecular flexibility index (Phi) is 7.22. The third-order valence-corrected chi connectivity index (χ3v) is 6.60. The molecular weight excluding hydrogens is 510 g/mol. The van der Waals surface area contributed by atoms with E-state index in [2.05, 4.69) is 26.7 Å². The van der Waals surface area contributed by atoms with E-state index in [1.165, 1.54) is 0 Å². The molecule has 6 rings (SSSR count). The molecule has 2 N–H and O–H groups in total. The number of nitriles is 1. The van der Waals surface area contributed by atoms with E-state index in [0.29, 0.717) is 35.2 Å². The Bertz CT molecular complexity index is 1530. The van der Waals surface area contributed by atoms with Crippen LogP contribution in [-0.4, -0.2) is 53.6 Å². The Morgan fingerprint density at radius 1 is 0.925 bits per heavy atom. The molecule has 2 fully saturated rings. The van der Waals surface area contributed by atoms with Gasteiger partial charge in [-0.25, -0.2) is 14.8 Å². The van der Waals surface area contributed by atoms with Gasteiger partial charge < -0.3 is 24.3 Å². The van der Waals surface area contributed by atoms with E-state index in [9.17, 15) is 10.1 Å². The number of hydrogen-bond donors (Lipinski definition) is 2. The minimum atomic E-state index is -0.596. The van der Waals surface area contributed by atoms with Gasteiger partial charge in [0, 0.05) is 17.4 Å². The molecule has 3 heterocycles. The van der Waals surface area contributed by atoms with Gasteiger partial charge in [-0.1, -0.05) is 30.3 Å². The summed E-state index contributed by atoms with van der Waals surface area (Å²) in [7, 11) is 0. The molecule has 1 amide bonds. The summed E-state index contributed by atoms with van der Waals surface area (Å²) in [6, 6.07) is 27.4. The van der Waals surface area contributed by atoms with Gasteiger partial charge in [0.2, 0.25) is 5.95 Å². The third kappa shape index (κ3) is 5.71. The van der Waals surface area contributed by atoms with Crippen molar-refractivity contribution >= 4 is 17.7 Å². The van der Waals surface area contributed by atoms with E-state index in [4.69, 9.17) is 18.9 Å². The van der Waals surface area contributed by atoms with Crippen molar-refractivity contribution in [1.29, 1.82) is 5.26 Å². The number of fused-ring (bicyclic) bond motifs is 1. The summed E-state index contributed by atoms with van der Waals surface area (Å²) in [6.07, 6.45) is -0.245. The molecule has 0 radical (unpaired) electrons. The van der Waals surface area contributed by atoms with E-state index >= 15 is 0 Å². The molecule has 2 saturated heterocycles. The van der Waals surface area contributed by atoms with Gasteiger partial charge in [-0.3, -0.25) is 5.32 Å². The van der Waals surface area contributed by atoms with Crippen molar-refractivity contribution in [3.63, 3.8) is 0 Å². The molecule has 2 aliphatic rings. The Morgan fingerprint density at radius 2 is 1.73 bits per heavy atom.